The van der Waals surface area contributed by atoms with Crippen LogP contribution in [0.1, 0.15) is 17.9 Å². The molecule has 0 aromatic heterocycles. The van der Waals surface area contributed by atoms with Crippen LogP contribution in [0.2, 0.25) is 0 Å². The highest BCUT2D eigenvalue weighted by atomic mass is 79.9. The second-order valence-corrected chi connectivity index (χ2v) is 7.49. The lowest BCUT2D eigenvalue weighted by Crippen LogP contribution is -2.16. The molecular formula is C15H13BrO3S. The minimum absolute atomic E-state index is 0.0525. The fraction of sp³-hybridized carbons (Fsp3) is 0.200. The first-order valence-electron chi connectivity index (χ1n) is 6.30. The molecule has 2 aromatic carbocycles. The molecule has 1 aliphatic rings. The van der Waals surface area contributed by atoms with Crippen molar-refractivity contribution in [2.45, 2.75) is 17.6 Å². The summed E-state index contributed by atoms with van der Waals surface area (Å²) < 4.78 is 30.5. The highest BCUT2D eigenvalue weighted by molar-refractivity contribution is 9.10. The molecule has 0 saturated heterocycles. The zero-order valence-corrected chi connectivity index (χ0v) is 13.0. The lowest BCUT2D eigenvalue weighted by atomic mass is 10.1. The first kappa shape index (κ1) is 13.6. The first-order chi connectivity index (χ1) is 9.56. The number of hydrogen-bond acceptors (Lipinski definition) is 3. The van der Waals surface area contributed by atoms with E-state index < -0.39 is 15.4 Å². The molecule has 3 rings (SSSR count). The fourth-order valence-electron chi connectivity index (χ4n) is 2.23. The topological polar surface area (TPSA) is 43.4 Å². The highest BCUT2D eigenvalue weighted by Gasteiger charge is 2.49. The van der Waals surface area contributed by atoms with E-state index in [-0.39, 0.29) is 5.92 Å². The molecule has 0 aliphatic heterocycles. The molecule has 0 bridgehead atoms. The van der Waals surface area contributed by atoms with Gasteiger partial charge < -0.3 is 4.18 Å². The van der Waals surface area contributed by atoms with Crippen LogP contribution in [0.3, 0.4) is 0 Å². The molecule has 2 aromatic rings. The molecule has 0 N–H and O–H groups in total. The van der Waals surface area contributed by atoms with Crippen LogP contribution >= 0.6 is 15.9 Å². The summed E-state index contributed by atoms with van der Waals surface area (Å²) in [7, 11) is -3.57. The van der Waals surface area contributed by atoms with Gasteiger partial charge >= 0.3 is 10.1 Å². The Labute approximate surface area is 126 Å². The molecular weight excluding hydrogens is 340 g/mol. The van der Waals surface area contributed by atoms with E-state index in [2.05, 4.69) is 15.9 Å². The summed E-state index contributed by atoms with van der Waals surface area (Å²) in [5, 5.41) is -0.437. The molecule has 0 radical (unpaired) electrons. The smallest absolute Gasteiger partial charge is 0.312 e. The van der Waals surface area contributed by atoms with E-state index >= 15 is 0 Å². The van der Waals surface area contributed by atoms with Crippen LogP contribution < -0.4 is 4.18 Å². The van der Waals surface area contributed by atoms with Gasteiger partial charge in [0.1, 0.15) is 11.0 Å². The Kier molecular flexibility index (Phi) is 3.56. The number of halogens is 1. The predicted molar refractivity (Wildman–Crippen MR) is 81.3 cm³/mol. The molecule has 1 saturated carbocycles. The number of hydrogen-bond donors (Lipinski definition) is 0. The van der Waals surface area contributed by atoms with Gasteiger partial charge in [0.15, 0.2) is 0 Å². The Bertz CT molecular complexity index is 696. The van der Waals surface area contributed by atoms with E-state index in [1.165, 1.54) is 0 Å². The van der Waals surface area contributed by atoms with Gasteiger partial charge in [-0.15, -0.1) is 0 Å². The van der Waals surface area contributed by atoms with Gasteiger partial charge in [0.25, 0.3) is 0 Å². The average Bonchev–Trinajstić information content (AvgIpc) is 3.23. The van der Waals surface area contributed by atoms with Crippen molar-refractivity contribution in [3.8, 4) is 5.75 Å². The predicted octanol–water partition coefficient (Wildman–Crippen LogP) is 3.71. The molecule has 5 heteroatoms. The van der Waals surface area contributed by atoms with Crippen molar-refractivity contribution < 1.29 is 12.6 Å². The SMILES string of the molecule is O=S(=O)(Oc1ccc(Br)cc1)[C@@H]1C[C@H]1c1ccccc1. The largest absolute Gasteiger partial charge is 0.382 e. The summed E-state index contributed by atoms with van der Waals surface area (Å²) in [5.74, 6) is 0.406. The summed E-state index contributed by atoms with van der Waals surface area (Å²) in [6, 6.07) is 16.5. The molecule has 20 heavy (non-hydrogen) atoms. The van der Waals surface area contributed by atoms with Crippen LogP contribution in [0, 0.1) is 0 Å². The van der Waals surface area contributed by atoms with Gasteiger partial charge in [-0.25, -0.2) is 0 Å². The van der Waals surface area contributed by atoms with Crippen molar-refractivity contribution in [1.29, 1.82) is 0 Å². The summed E-state index contributed by atoms with van der Waals surface area (Å²) in [4.78, 5) is 0. The maximum Gasteiger partial charge on any atom is 0.312 e. The Morgan fingerprint density at radius 1 is 1.00 bits per heavy atom. The van der Waals surface area contributed by atoms with Crippen LogP contribution in [0.25, 0.3) is 0 Å². The molecule has 0 unspecified atom stereocenters. The van der Waals surface area contributed by atoms with Gasteiger partial charge in [0.05, 0.1) is 0 Å². The quantitative estimate of drug-likeness (QED) is 0.787. The van der Waals surface area contributed by atoms with Gasteiger partial charge in [-0.05, 0) is 36.2 Å². The van der Waals surface area contributed by atoms with Crippen LogP contribution in [0.5, 0.6) is 5.75 Å². The van der Waals surface area contributed by atoms with E-state index in [4.69, 9.17) is 4.18 Å². The van der Waals surface area contributed by atoms with E-state index in [1.807, 2.05) is 30.3 Å². The van der Waals surface area contributed by atoms with Gasteiger partial charge in [-0.1, -0.05) is 46.3 Å². The van der Waals surface area contributed by atoms with Crippen LogP contribution in [0.15, 0.2) is 59.1 Å². The first-order valence-corrected chi connectivity index (χ1v) is 8.56. The number of benzene rings is 2. The minimum Gasteiger partial charge on any atom is -0.382 e. The maximum atomic E-state index is 12.2. The summed E-state index contributed by atoms with van der Waals surface area (Å²) in [6.07, 6.45) is 0.628. The van der Waals surface area contributed by atoms with Gasteiger partial charge in [0.2, 0.25) is 0 Å². The van der Waals surface area contributed by atoms with Crippen molar-refractivity contribution in [3.05, 3.63) is 64.6 Å². The zero-order chi connectivity index (χ0) is 14.2. The third-order valence-corrected chi connectivity index (χ3v) is 5.57. The van der Waals surface area contributed by atoms with Crippen molar-refractivity contribution in [2.24, 2.45) is 0 Å². The Hall–Kier alpha value is -1.33. The summed E-state index contributed by atoms with van der Waals surface area (Å²) in [6.45, 7) is 0. The Morgan fingerprint density at radius 3 is 2.30 bits per heavy atom. The van der Waals surface area contributed by atoms with Crippen molar-refractivity contribution in [1.82, 2.24) is 0 Å². The van der Waals surface area contributed by atoms with E-state index in [9.17, 15) is 8.42 Å². The standard InChI is InChI=1S/C15H13BrO3S/c16-12-6-8-13(9-7-12)19-20(17,18)15-10-14(15)11-4-2-1-3-5-11/h1-9,14-15H,10H2/t14-,15+/m0/s1. The van der Waals surface area contributed by atoms with Crippen LogP contribution in [0.4, 0.5) is 0 Å². The lowest BCUT2D eigenvalue weighted by Gasteiger charge is -2.07. The van der Waals surface area contributed by atoms with Crippen molar-refractivity contribution in [2.75, 3.05) is 0 Å². The summed E-state index contributed by atoms with van der Waals surface area (Å²) in [5.41, 5.74) is 1.06. The van der Waals surface area contributed by atoms with Crippen LogP contribution in [-0.4, -0.2) is 13.7 Å². The molecule has 0 spiro atoms. The molecule has 104 valence electrons. The second-order valence-electron chi connectivity index (χ2n) is 4.82. The van der Waals surface area contributed by atoms with Crippen molar-refractivity contribution >= 4 is 26.0 Å². The molecule has 1 fully saturated rings. The minimum atomic E-state index is -3.57. The average molecular weight is 353 g/mol. The molecule has 1 aliphatic carbocycles. The maximum absolute atomic E-state index is 12.2. The molecule has 0 amide bonds. The number of rotatable bonds is 4. The fourth-order valence-corrected chi connectivity index (χ4v) is 4.00. The molecule has 0 heterocycles. The lowest BCUT2D eigenvalue weighted by molar-refractivity contribution is 0.483. The third-order valence-electron chi connectivity index (χ3n) is 3.36. The van der Waals surface area contributed by atoms with Gasteiger partial charge in [-0.3, -0.25) is 0 Å². The molecule has 3 nitrogen and oxygen atoms in total. The van der Waals surface area contributed by atoms with E-state index in [0.29, 0.717) is 12.2 Å². The third kappa shape index (κ3) is 2.88. The summed E-state index contributed by atoms with van der Waals surface area (Å²) >= 11 is 3.30. The second kappa shape index (κ2) is 5.22. The molecule has 2 atom stereocenters. The normalized spacial score (nSPS) is 21.4. The van der Waals surface area contributed by atoms with Crippen molar-refractivity contribution in [3.63, 3.8) is 0 Å². The van der Waals surface area contributed by atoms with Gasteiger partial charge in [0, 0.05) is 10.4 Å². The van der Waals surface area contributed by atoms with E-state index in [1.54, 1.807) is 24.3 Å². The monoisotopic (exact) mass is 352 g/mol. The highest BCUT2D eigenvalue weighted by Crippen LogP contribution is 2.46. The van der Waals surface area contributed by atoms with Gasteiger partial charge in [-0.2, -0.15) is 8.42 Å². The zero-order valence-electron chi connectivity index (χ0n) is 10.6. The van der Waals surface area contributed by atoms with Crippen LogP contribution in [-0.2, 0) is 10.1 Å². The Morgan fingerprint density at radius 2 is 1.65 bits per heavy atom. The Balaban J connectivity index is 1.73. The van der Waals surface area contributed by atoms with E-state index in [0.717, 1.165) is 10.0 Å².